The lowest BCUT2D eigenvalue weighted by atomic mass is 10.1. The second kappa shape index (κ2) is 10.5. The molecule has 2 aromatic carbocycles. The van der Waals surface area contributed by atoms with Crippen LogP contribution < -0.4 is 10.6 Å². The number of benzene rings is 2. The van der Waals surface area contributed by atoms with Crippen molar-refractivity contribution in [3.63, 3.8) is 0 Å². The Morgan fingerprint density at radius 3 is 2.59 bits per heavy atom. The minimum absolute atomic E-state index is 0.0333. The number of nitrogens with zero attached hydrogens (tertiary/aromatic N) is 4. The molecule has 3 heterocycles. The number of carbonyl (C=O) groups excluding carboxylic acids is 2. The minimum Gasteiger partial charge on any atom is -0.347 e. The maximum Gasteiger partial charge on any atom is 0.272 e. The standard InChI is InChI=1S/C27H24ClFN6O2/c1-34-13-11-18(16-34)31-27(37)23-15-24(35(33-23)19-6-3-2-4-7-19)32-26(36)20-14-17(9-10-21(20)28)25-22(29)8-5-12-30-25/h2-10,12,14-15,18H,11,13,16H2,1H3,(H,31,37)(H,32,36)/t18-/m1/s1. The summed E-state index contributed by atoms with van der Waals surface area (Å²) in [4.78, 5) is 32.5. The summed E-state index contributed by atoms with van der Waals surface area (Å²) >= 11 is 6.34. The summed E-state index contributed by atoms with van der Waals surface area (Å²) in [6.45, 7) is 1.67. The van der Waals surface area contributed by atoms with Crippen molar-refractivity contribution in [2.75, 3.05) is 25.5 Å². The first-order chi connectivity index (χ1) is 17.9. The Hall–Kier alpha value is -4.08. The molecule has 2 aromatic heterocycles. The highest BCUT2D eigenvalue weighted by Gasteiger charge is 2.24. The van der Waals surface area contributed by atoms with Gasteiger partial charge in [-0.1, -0.05) is 35.9 Å². The maximum absolute atomic E-state index is 14.3. The van der Waals surface area contributed by atoms with Gasteiger partial charge in [0.1, 0.15) is 17.3 Å². The lowest BCUT2D eigenvalue weighted by Gasteiger charge is -2.11. The molecule has 0 saturated carbocycles. The van der Waals surface area contributed by atoms with Gasteiger partial charge < -0.3 is 15.5 Å². The van der Waals surface area contributed by atoms with Gasteiger partial charge in [-0.3, -0.25) is 14.6 Å². The highest BCUT2D eigenvalue weighted by Crippen LogP contribution is 2.27. The molecule has 1 saturated heterocycles. The molecule has 0 radical (unpaired) electrons. The van der Waals surface area contributed by atoms with Crippen LogP contribution in [0.5, 0.6) is 0 Å². The molecule has 1 aliphatic rings. The van der Waals surface area contributed by atoms with Gasteiger partial charge in [-0.25, -0.2) is 9.07 Å². The Labute approximate surface area is 218 Å². The third kappa shape index (κ3) is 5.37. The molecule has 37 heavy (non-hydrogen) atoms. The first-order valence-corrected chi connectivity index (χ1v) is 12.1. The summed E-state index contributed by atoms with van der Waals surface area (Å²) in [5.74, 6) is -1.08. The van der Waals surface area contributed by atoms with Crippen molar-refractivity contribution >= 4 is 29.2 Å². The van der Waals surface area contributed by atoms with Gasteiger partial charge in [0, 0.05) is 30.4 Å². The lowest BCUT2D eigenvalue weighted by molar-refractivity contribution is 0.0932. The van der Waals surface area contributed by atoms with E-state index in [1.165, 1.54) is 41.2 Å². The highest BCUT2D eigenvalue weighted by atomic mass is 35.5. The van der Waals surface area contributed by atoms with E-state index < -0.39 is 11.7 Å². The van der Waals surface area contributed by atoms with Gasteiger partial charge >= 0.3 is 0 Å². The SMILES string of the molecule is CN1CC[C@@H](NC(=O)c2cc(NC(=O)c3cc(-c4ncccc4F)ccc3Cl)n(-c3ccccc3)n2)C1. The molecule has 0 spiro atoms. The molecule has 5 rings (SSSR count). The fraction of sp³-hybridized carbons (Fsp3) is 0.185. The normalized spacial score (nSPS) is 15.5. The van der Waals surface area contributed by atoms with Crippen LogP contribution in [0.15, 0.2) is 72.9 Å². The number of aromatic nitrogens is 3. The molecule has 1 aliphatic heterocycles. The number of likely N-dealkylation sites (N-methyl/N-ethyl adjacent to an activating group) is 1. The number of amides is 2. The molecule has 0 bridgehead atoms. The van der Waals surface area contributed by atoms with Crippen LogP contribution in [0.3, 0.4) is 0 Å². The van der Waals surface area contributed by atoms with Crippen LogP contribution >= 0.6 is 11.6 Å². The molecule has 10 heteroatoms. The third-order valence-corrected chi connectivity index (χ3v) is 6.48. The Morgan fingerprint density at radius 1 is 1.05 bits per heavy atom. The van der Waals surface area contributed by atoms with Crippen molar-refractivity contribution in [3.8, 4) is 16.9 Å². The summed E-state index contributed by atoms with van der Waals surface area (Å²) in [6.07, 6.45) is 2.33. The van der Waals surface area contributed by atoms with Crippen molar-refractivity contribution in [1.29, 1.82) is 0 Å². The molecule has 2 amide bonds. The second-order valence-electron chi connectivity index (χ2n) is 8.87. The van der Waals surface area contributed by atoms with Gasteiger partial charge in [0.15, 0.2) is 5.69 Å². The number of nitrogens with one attached hydrogen (secondary N) is 2. The highest BCUT2D eigenvalue weighted by molar-refractivity contribution is 6.34. The number of anilines is 1. The van der Waals surface area contributed by atoms with E-state index in [0.717, 1.165) is 19.5 Å². The predicted molar refractivity (Wildman–Crippen MR) is 140 cm³/mol. The van der Waals surface area contributed by atoms with E-state index in [-0.39, 0.29) is 39.7 Å². The first kappa shape index (κ1) is 24.6. The summed E-state index contributed by atoms with van der Waals surface area (Å²) in [5, 5.41) is 10.5. The van der Waals surface area contributed by atoms with Crippen LogP contribution in [0.4, 0.5) is 10.2 Å². The zero-order chi connectivity index (χ0) is 25.9. The molecule has 1 atom stereocenters. The Kier molecular flexibility index (Phi) is 6.98. The lowest BCUT2D eigenvalue weighted by Crippen LogP contribution is -2.36. The summed E-state index contributed by atoms with van der Waals surface area (Å²) in [5.41, 5.74) is 1.48. The van der Waals surface area contributed by atoms with Gasteiger partial charge in [-0.15, -0.1) is 0 Å². The molecule has 8 nitrogen and oxygen atoms in total. The summed E-state index contributed by atoms with van der Waals surface area (Å²) in [6, 6.07) is 18.1. The number of carbonyl (C=O) groups is 2. The van der Waals surface area contributed by atoms with Gasteiger partial charge in [0.25, 0.3) is 11.8 Å². The van der Waals surface area contributed by atoms with Gasteiger partial charge in [0.2, 0.25) is 0 Å². The van der Waals surface area contributed by atoms with E-state index in [1.807, 2.05) is 37.4 Å². The molecular formula is C27H24ClFN6O2. The van der Waals surface area contributed by atoms with E-state index >= 15 is 0 Å². The summed E-state index contributed by atoms with van der Waals surface area (Å²) < 4.78 is 15.8. The van der Waals surface area contributed by atoms with Gasteiger partial charge in [0.05, 0.1) is 16.3 Å². The molecule has 1 fully saturated rings. The van der Waals surface area contributed by atoms with Crippen molar-refractivity contribution in [2.45, 2.75) is 12.5 Å². The smallest absolute Gasteiger partial charge is 0.272 e. The Morgan fingerprint density at radius 2 is 1.86 bits per heavy atom. The van der Waals surface area contributed by atoms with Crippen molar-refractivity contribution in [2.24, 2.45) is 0 Å². The van der Waals surface area contributed by atoms with E-state index in [1.54, 1.807) is 6.07 Å². The van der Waals surface area contributed by atoms with Crippen LogP contribution in [0.2, 0.25) is 5.02 Å². The van der Waals surface area contributed by atoms with E-state index in [2.05, 4.69) is 25.6 Å². The van der Waals surface area contributed by atoms with E-state index in [9.17, 15) is 14.0 Å². The van der Waals surface area contributed by atoms with Gasteiger partial charge in [-0.05, 0) is 56.4 Å². The zero-order valence-electron chi connectivity index (χ0n) is 20.0. The van der Waals surface area contributed by atoms with E-state index in [4.69, 9.17) is 11.6 Å². The average molecular weight is 519 g/mol. The summed E-state index contributed by atoms with van der Waals surface area (Å²) in [7, 11) is 2.01. The fourth-order valence-electron chi connectivity index (χ4n) is 4.29. The van der Waals surface area contributed by atoms with Crippen molar-refractivity contribution < 1.29 is 14.0 Å². The third-order valence-electron chi connectivity index (χ3n) is 6.15. The van der Waals surface area contributed by atoms with Gasteiger partial charge in [-0.2, -0.15) is 5.10 Å². The number of hydrogen-bond acceptors (Lipinski definition) is 5. The van der Waals surface area contributed by atoms with Crippen LogP contribution in [0, 0.1) is 5.82 Å². The topological polar surface area (TPSA) is 92.2 Å². The zero-order valence-corrected chi connectivity index (χ0v) is 20.7. The second-order valence-corrected chi connectivity index (χ2v) is 9.27. The number of para-hydroxylation sites is 1. The number of pyridine rings is 1. The van der Waals surface area contributed by atoms with Crippen LogP contribution in [0.1, 0.15) is 27.3 Å². The molecular weight excluding hydrogens is 495 g/mol. The number of likely N-dealkylation sites (tertiary alicyclic amines) is 1. The van der Waals surface area contributed by atoms with E-state index in [0.29, 0.717) is 11.3 Å². The van der Waals surface area contributed by atoms with Crippen molar-refractivity contribution in [3.05, 3.63) is 95.0 Å². The number of rotatable bonds is 6. The number of halogens is 2. The monoisotopic (exact) mass is 518 g/mol. The Balaban J connectivity index is 1.45. The molecule has 0 unspecified atom stereocenters. The minimum atomic E-state index is -0.537. The predicted octanol–water partition coefficient (Wildman–Crippen LogP) is 4.41. The average Bonchev–Trinajstić information content (AvgIpc) is 3.51. The quantitative estimate of drug-likeness (QED) is 0.394. The Bertz CT molecular complexity index is 1460. The molecule has 0 aliphatic carbocycles. The first-order valence-electron chi connectivity index (χ1n) is 11.8. The molecule has 4 aromatic rings. The molecule has 2 N–H and O–H groups in total. The van der Waals surface area contributed by atoms with Crippen LogP contribution in [-0.4, -0.2) is 57.7 Å². The van der Waals surface area contributed by atoms with Crippen LogP contribution in [0.25, 0.3) is 16.9 Å². The largest absolute Gasteiger partial charge is 0.347 e. The van der Waals surface area contributed by atoms with Crippen LogP contribution in [-0.2, 0) is 0 Å². The molecule has 188 valence electrons. The fourth-order valence-corrected chi connectivity index (χ4v) is 4.49. The van der Waals surface area contributed by atoms with Crippen molar-refractivity contribution in [1.82, 2.24) is 25.0 Å². The maximum atomic E-state index is 14.3. The number of hydrogen-bond donors (Lipinski definition) is 2.